The van der Waals surface area contributed by atoms with Gasteiger partial charge in [0, 0.05) is 44.6 Å². The number of nitrogens with zero attached hydrogens (tertiary/aromatic N) is 4. The summed E-state index contributed by atoms with van der Waals surface area (Å²) in [5, 5.41) is 3.36. The Kier molecular flexibility index (Phi) is 7.75. The molecular formula is C29H33N5O3. The fourth-order valence-electron chi connectivity index (χ4n) is 5.21. The Labute approximate surface area is 216 Å². The fourth-order valence-corrected chi connectivity index (χ4v) is 5.21. The Hall–Kier alpha value is -3.78. The molecular weight excluding hydrogens is 466 g/mol. The molecule has 2 aliphatic heterocycles. The number of piperidine rings is 1. The molecule has 2 aromatic carbocycles. The monoisotopic (exact) mass is 499 g/mol. The van der Waals surface area contributed by atoms with Crippen molar-refractivity contribution in [1.82, 2.24) is 19.4 Å². The van der Waals surface area contributed by atoms with Crippen molar-refractivity contribution in [1.29, 1.82) is 0 Å². The van der Waals surface area contributed by atoms with Gasteiger partial charge in [-0.1, -0.05) is 42.5 Å². The van der Waals surface area contributed by atoms with Crippen LogP contribution in [-0.2, 0) is 13.0 Å². The van der Waals surface area contributed by atoms with Crippen molar-refractivity contribution in [2.45, 2.75) is 44.7 Å². The molecule has 1 N–H and O–H groups in total. The van der Waals surface area contributed by atoms with E-state index in [0.29, 0.717) is 29.9 Å². The highest BCUT2D eigenvalue weighted by Gasteiger charge is 2.34. The molecule has 0 radical (unpaired) electrons. The molecule has 0 bridgehead atoms. The zero-order valence-electron chi connectivity index (χ0n) is 21.0. The normalized spacial score (nSPS) is 16.3. The molecule has 1 fully saturated rings. The molecule has 8 heteroatoms. The maximum absolute atomic E-state index is 13.0. The number of amides is 2. The van der Waals surface area contributed by atoms with Crippen LogP contribution < -0.4 is 10.9 Å². The maximum atomic E-state index is 13.0. The first-order valence-corrected chi connectivity index (χ1v) is 13.1. The summed E-state index contributed by atoms with van der Waals surface area (Å²) in [6.45, 7) is 3.78. The number of benzene rings is 2. The second kappa shape index (κ2) is 11.5. The van der Waals surface area contributed by atoms with E-state index in [-0.39, 0.29) is 30.0 Å². The van der Waals surface area contributed by atoms with E-state index in [1.165, 1.54) is 10.5 Å². The lowest BCUT2D eigenvalue weighted by atomic mass is 10.0. The van der Waals surface area contributed by atoms with Crippen LogP contribution in [0, 0.1) is 0 Å². The molecule has 192 valence electrons. The van der Waals surface area contributed by atoms with E-state index in [4.69, 9.17) is 0 Å². The summed E-state index contributed by atoms with van der Waals surface area (Å²) >= 11 is 0. The third-order valence-corrected chi connectivity index (χ3v) is 7.28. The number of hydrogen-bond acceptors (Lipinski definition) is 6. The van der Waals surface area contributed by atoms with Crippen molar-refractivity contribution in [3.8, 4) is 0 Å². The average molecular weight is 500 g/mol. The van der Waals surface area contributed by atoms with Crippen LogP contribution in [0.3, 0.4) is 0 Å². The number of aromatic nitrogens is 2. The lowest BCUT2D eigenvalue weighted by Crippen LogP contribution is -2.41. The molecule has 0 aliphatic carbocycles. The lowest BCUT2D eigenvalue weighted by molar-refractivity contribution is 0.0650. The molecule has 2 amide bonds. The summed E-state index contributed by atoms with van der Waals surface area (Å²) in [7, 11) is 0. The first kappa shape index (κ1) is 24.9. The second-order valence-corrected chi connectivity index (χ2v) is 9.78. The number of carbonyl (C=O) groups is 2. The van der Waals surface area contributed by atoms with Crippen LogP contribution in [0.1, 0.15) is 52.0 Å². The molecule has 0 atom stereocenters. The van der Waals surface area contributed by atoms with Crippen molar-refractivity contribution < 1.29 is 9.59 Å². The van der Waals surface area contributed by atoms with E-state index in [1.807, 2.05) is 0 Å². The molecule has 1 aromatic heterocycles. The third-order valence-electron chi connectivity index (χ3n) is 7.28. The van der Waals surface area contributed by atoms with Gasteiger partial charge < -0.3 is 14.8 Å². The van der Waals surface area contributed by atoms with Crippen LogP contribution in [0.5, 0.6) is 0 Å². The van der Waals surface area contributed by atoms with Gasteiger partial charge in [-0.2, -0.15) is 0 Å². The molecule has 0 saturated carbocycles. The number of hydrogen-bond donors (Lipinski definition) is 1. The van der Waals surface area contributed by atoms with Gasteiger partial charge >= 0.3 is 0 Å². The van der Waals surface area contributed by atoms with Crippen molar-refractivity contribution in [2.24, 2.45) is 0 Å². The van der Waals surface area contributed by atoms with Crippen LogP contribution >= 0.6 is 0 Å². The van der Waals surface area contributed by atoms with E-state index in [2.05, 4.69) is 45.5 Å². The first-order valence-electron chi connectivity index (χ1n) is 13.1. The van der Waals surface area contributed by atoms with Gasteiger partial charge in [-0.25, -0.2) is 4.98 Å². The molecule has 0 spiro atoms. The maximum Gasteiger partial charge on any atom is 0.293 e. The van der Waals surface area contributed by atoms with Gasteiger partial charge in [0.1, 0.15) is 0 Å². The van der Waals surface area contributed by atoms with Gasteiger partial charge in [0.25, 0.3) is 17.4 Å². The van der Waals surface area contributed by atoms with E-state index in [0.717, 1.165) is 45.3 Å². The number of rotatable bonds is 10. The smallest absolute Gasteiger partial charge is 0.293 e. The van der Waals surface area contributed by atoms with Crippen LogP contribution in [0.15, 0.2) is 71.8 Å². The quantitative estimate of drug-likeness (QED) is 0.430. The number of nitrogens with one attached hydrogen (secondary N) is 1. The van der Waals surface area contributed by atoms with Crippen molar-refractivity contribution >= 4 is 17.6 Å². The average Bonchev–Trinajstić information content (AvgIpc) is 3.17. The van der Waals surface area contributed by atoms with E-state index < -0.39 is 0 Å². The Balaban J connectivity index is 1.08. The van der Waals surface area contributed by atoms with Gasteiger partial charge in [0.05, 0.1) is 11.1 Å². The van der Waals surface area contributed by atoms with Crippen molar-refractivity contribution in [3.63, 3.8) is 0 Å². The Morgan fingerprint density at radius 2 is 1.49 bits per heavy atom. The molecule has 8 nitrogen and oxygen atoms in total. The summed E-state index contributed by atoms with van der Waals surface area (Å²) < 4.78 is 1.60. The molecule has 1 saturated heterocycles. The molecule has 2 aliphatic rings. The Bertz CT molecular complexity index is 1260. The highest BCUT2D eigenvalue weighted by molar-refractivity contribution is 6.21. The van der Waals surface area contributed by atoms with Gasteiger partial charge in [-0.15, -0.1) is 0 Å². The standard InChI is InChI=1S/C29H33N5O3/c35-27-24-11-4-5-12-25(24)28(36)34(27)18-7-17-33-21-15-30-26(29(33)37)31-23-13-19-32(20-14-23)16-6-10-22-8-2-1-3-9-22/h1-5,8-9,11-12,15,21,23H,6-7,10,13-14,16-20H2,(H,30,31). The number of aryl methyl sites for hydroxylation is 2. The first-order chi connectivity index (χ1) is 18.1. The van der Waals surface area contributed by atoms with Crippen LogP contribution in [0.25, 0.3) is 0 Å². The van der Waals surface area contributed by atoms with Gasteiger partial charge in [0.2, 0.25) is 0 Å². The van der Waals surface area contributed by atoms with Crippen molar-refractivity contribution in [2.75, 3.05) is 31.5 Å². The SMILES string of the molecule is O=C1c2ccccc2C(=O)N1CCCn1ccnc(NC2CCN(CCCc3ccccc3)CC2)c1=O. The van der Waals surface area contributed by atoms with Crippen molar-refractivity contribution in [3.05, 3.63) is 94.0 Å². The third kappa shape index (κ3) is 5.80. The predicted molar refractivity (Wildman–Crippen MR) is 143 cm³/mol. The summed E-state index contributed by atoms with van der Waals surface area (Å²) in [4.78, 5) is 46.2. The number of imide groups is 1. The largest absolute Gasteiger partial charge is 0.363 e. The minimum Gasteiger partial charge on any atom is -0.363 e. The lowest BCUT2D eigenvalue weighted by Gasteiger charge is -2.32. The van der Waals surface area contributed by atoms with Crippen LogP contribution in [0.4, 0.5) is 5.82 Å². The molecule has 37 heavy (non-hydrogen) atoms. The van der Waals surface area contributed by atoms with Crippen LogP contribution in [-0.4, -0.2) is 63.4 Å². The number of fused-ring (bicyclic) bond motifs is 1. The minimum absolute atomic E-state index is 0.171. The molecule has 3 heterocycles. The Morgan fingerprint density at radius 1 is 0.811 bits per heavy atom. The highest BCUT2D eigenvalue weighted by Crippen LogP contribution is 2.22. The highest BCUT2D eigenvalue weighted by atomic mass is 16.2. The summed E-state index contributed by atoms with van der Waals surface area (Å²) in [5.41, 5.74) is 2.11. The van der Waals surface area contributed by atoms with Crippen LogP contribution in [0.2, 0.25) is 0 Å². The number of likely N-dealkylation sites (tertiary alicyclic amines) is 1. The zero-order valence-corrected chi connectivity index (χ0v) is 21.0. The number of anilines is 1. The summed E-state index contributed by atoms with van der Waals surface area (Å²) in [6.07, 6.45) is 7.97. The molecule has 0 unspecified atom stereocenters. The van der Waals surface area contributed by atoms with E-state index in [1.54, 1.807) is 41.2 Å². The number of carbonyl (C=O) groups excluding carboxylic acids is 2. The van der Waals surface area contributed by atoms with Gasteiger partial charge in [-0.05, 0) is 56.3 Å². The zero-order chi connectivity index (χ0) is 25.6. The second-order valence-electron chi connectivity index (χ2n) is 9.78. The molecule has 5 rings (SSSR count). The predicted octanol–water partition coefficient (Wildman–Crippen LogP) is 3.44. The fraction of sp³-hybridized carbons (Fsp3) is 0.379. The molecule has 3 aromatic rings. The van der Waals surface area contributed by atoms with E-state index >= 15 is 0 Å². The Morgan fingerprint density at radius 3 is 2.19 bits per heavy atom. The van der Waals surface area contributed by atoms with E-state index in [9.17, 15) is 14.4 Å². The summed E-state index contributed by atoms with van der Waals surface area (Å²) in [6, 6.07) is 17.7. The van der Waals surface area contributed by atoms with Gasteiger partial charge in [-0.3, -0.25) is 19.3 Å². The summed E-state index contributed by atoms with van der Waals surface area (Å²) in [5.74, 6) is -0.168. The minimum atomic E-state index is -0.267. The van der Waals surface area contributed by atoms with Gasteiger partial charge in [0.15, 0.2) is 5.82 Å². The topological polar surface area (TPSA) is 87.5 Å².